The first kappa shape index (κ1) is 12.3. The molecule has 94 valence electrons. The van der Waals surface area contributed by atoms with Gasteiger partial charge in [0.25, 0.3) is 0 Å². The van der Waals surface area contributed by atoms with E-state index in [0.29, 0.717) is 30.1 Å². The SMILES string of the molecule is COc1cncc(C(=O)c2cn(CCN)cn2)c1. The minimum absolute atomic E-state index is 0.183. The number of carbonyl (C=O) groups excluding carboxylic acids is 1. The van der Waals surface area contributed by atoms with Crippen molar-refractivity contribution in [3.8, 4) is 5.75 Å². The van der Waals surface area contributed by atoms with Crippen LogP contribution in [0, 0.1) is 0 Å². The molecule has 0 unspecified atom stereocenters. The van der Waals surface area contributed by atoms with Gasteiger partial charge in [0, 0.05) is 31.0 Å². The molecular formula is C12H14N4O2. The highest BCUT2D eigenvalue weighted by Crippen LogP contribution is 2.13. The third kappa shape index (κ3) is 2.54. The third-order valence-corrected chi connectivity index (χ3v) is 2.46. The Morgan fingerprint density at radius 3 is 3.06 bits per heavy atom. The zero-order chi connectivity index (χ0) is 13.0. The topological polar surface area (TPSA) is 83.0 Å². The maximum absolute atomic E-state index is 12.1. The van der Waals surface area contributed by atoms with Crippen LogP contribution in [0.5, 0.6) is 5.75 Å². The number of nitrogens with zero attached hydrogens (tertiary/aromatic N) is 3. The number of carbonyl (C=O) groups is 1. The lowest BCUT2D eigenvalue weighted by Crippen LogP contribution is -2.08. The molecule has 0 atom stereocenters. The highest BCUT2D eigenvalue weighted by molar-refractivity contribution is 6.07. The Kier molecular flexibility index (Phi) is 3.69. The molecule has 2 aromatic rings. The summed E-state index contributed by atoms with van der Waals surface area (Å²) in [5.74, 6) is 0.361. The molecule has 0 radical (unpaired) electrons. The summed E-state index contributed by atoms with van der Waals surface area (Å²) in [6, 6.07) is 1.64. The molecule has 6 heteroatoms. The van der Waals surface area contributed by atoms with Gasteiger partial charge < -0.3 is 15.0 Å². The van der Waals surface area contributed by atoms with Crippen LogP contribution in [0.4, 0.5) is 0 Å². The van der Waals surface area contributed by atoms with Crippen molar-refractivity contribution in [2.75, 3.05) is 13.7 Å². The van der Waals surface area contributed by atoms with Crippen molar-refractivity contribution in [2.24, 2.45) is 5.73 Å². The number of ether oxygens (including phenoxy) is 1. The second-order valence-corrected chi connectivity index (χ2v) is 3.73. The lowest BCUT2D eigenvalue weighted by atomic mass is 10.1. The average Bonchev–Trinajstić information content (AvgIpc) is 2.87. The molecule has 0 aliphatic carbocycles. The molecule has 0 aliphatic rings. The van der Waals surface area contributed by atoms with Gasteiger partial charge in [-0.3, -0.25) is 9.78 Å². The van der Waals surface area contributed by atoms with E-state index in [1.807, 2.05) is 0 Å². The molecule has 18 heavy (non-hydrogen) atoms. The summed E-state index contributed by atoms with van der Waals surface area (Å²) in [6.07, 6.45) is 6.30. The molecule has 2 N–H and O–H groups in total. The highest BCUT2D eigenvalue weighted by atomic mass is 16.5. The van der Waals surface area contributed by atoms with Gasteiger partial charge in [0.1, 0.15) is 11.4 Å². The van der Waals surface area contributed by atoms with E-state index < -0.39 is 0 Å². The maximum Gasteiger partial charge on any atom is 0.214 e. The number of rotatable bonds is 5. The standard InChI is InChI=1S/C12H14N4O2/c1-18-10-4-9(5-14-6-10)12(17)11-7-16(3-2-13)8-15-11/h4-8H,2-3,13H2,1H3. The van der Waals surface area contributed by atoms with E-state index in [-0.39, 0.29) is 5.78 Å². The Labute approximate surface area is 104 Å². The fourth-order valence-corrected chi connectivity index (χ4v) is 1.55. The quantitative estimate of drug-likeness (QED) is 0.776. The number of hydrogen-bond acceptors (Lipinski definition) is 5. The Bertz CT molecular complexity index is 551. The van der Waals surface area contributed by atoms with Crippen molar-refractivity contribution in [2.45, 2.75) is 6.54 Å². The van der Waals surface area contributed by atoms with Crippen molar-refractivity contribution >= 4 is 5.78 Å². The zero-order valence-corrected chi connectivity index (χ0v) is 10.0. The van der Waals surface area contributed by atoms with E-state index in [9.17, 15) is 4.79 Å². The predicted molar refractivity (Wildman–Crippen MR) is 65.5 cm³/mol. The Hall–Kier alpha value is -2.21. The summed E-state index contributed by atoms with van der Waals surface area (Å²) < 4.78 is 6.81. The minimum Gasteiger partial charge on any atom is -0.495 e. The minimum atomic E-state index is -0.183. The first-order valence-electron chi connectivity index (χ1n) is 5.50. The molecule has 0 bridgehead atoms. The van der Waals surface area contributed by atoms with E-state index in [4.69, 9.17) is 10.5 Å². The number of imidazole rings is 1. The molecule has 6 nitrogen and oxygen atoms in total. The van der Waals surface area contributed by atoms with Crippen molar-refractivity contribution in [3.05, 3.63) is 42.2 Å². The predicted octanol–water partition coefficient (Wildman–Crippen LogP) is 0.476. The normalized spacial score (nSPS) is 10.3. The van der Waals surface area contributed by atoms with Crippen LogP contribution in [0.15, 0.2) is 31.0 Å². The van der Waals surface area contributed by atoms with Crippen LogP contribution in [0.1, 0.15) is 16.1 Å². The molecule has 2 aromatic heterocycles. The van der Waals surface area contributed by atoms with Crippen LogP contribution in [0.3, 0.4) is 0 Å². The number of methoxy groups -OCH3 is 1. The molecular weight excluding hydrogens is 232 g/mol. The second-order valence-electron chi connectivity index (χ2n) is 3.73. The van der Waals surface area contributed by atoms with E-state index in [2.05, 4.69) is 9.97 Å². The van der Waals surface area contributed by atoms with Gasteiger partial charge in [-0.1, -0.05) is 0 Å². The van der Waals surface area contributed by atoms with Gasteiger partial charge in [-0.25, -0.2) is 4.98 Å². The molecule has 2 rings (SSSR count). The van der Waals surface area contributed by atoms with Gasteiger partial charge in [0.05, 0.1) is 19.6 Å². The van der Waals surface area contributed by atoms with Crippen LogP contribution in [-0.4, -0.2) is 34.0 Å². The third-order valence-electron chi connectivity index (χ3n) is 2.46. The fourth-order valence-electron chi connectivity index (χ4n) is 1.55. The van der Waals surface area contributed by atoms with E-state index >= 15 is 0 Å². The van der Waals surface area contributed by atoms with Crippen molar-refractivity contribution < 1.29 is 9.53 Å². The number of ketones is 1. The van der Waals surface area contributed by atoms with E-state index in [0.717, 1.165) is 0 Å². The van der Waals surface area contributed by atoms with Crippen molar-refractivity contribution in [3.63, 3.8) is 0 Å². The largest absolute Gasteiger partial charge is 0.495 e. The van der Waals surface area contributed by atoms with Gasteiger partial charge >= 0.3 is 0 Å². The highest BCUT2D eigenvalue weighted by Gasteiger charge is 2.13. The fraction of sp³-hybridized carbons (Fsp3) is 0.250. The Morgan fingerprint density at radius 2 is 2.33 bits per heavy atom. The zero-order valence-electron chi connectivity index (χ0n) is 10.0. The molecule has 0 fully saturated rings. The molecule has 0 aliphatic heterocycles. The van der Waals surface area contributed by atoms with Gasteiger partial charge in [0.15, 0.2) is 0 Å². The van der Waals surface area contributed by atoms with Gasteiger partial charge in [-0.15, -0.1) is 0 Å². The number of pyridine rings is 1. The summed E-state index contributed by atoms with van der Waals surface area (Å²) in [6.45, 7) is 1.14. The van der Waals surface area contributed by atoms with Crippen LogP contribution in [0.2, 0.25) is 0 Å². The van der Waals surface area contributed by atoms with Crippen LogP contribution in [-0.2, 0) is 6.54 Å². The maximum atomic E-state index is 12.1. The molecule has 0 aromatic carbocycles. The smallest absolute Gasteiger partial charge is 0.214 e. The summed E-state index contributed by atoms with van der Waals surface area (Å²) in [4.78, 5) is 20.1. The molecule has 0 spiro atoms. The van der Waals surface area contributed by atoms with Gasteiger partial charge in [-0.2, -0.15) is 0 Å². The van der Waals surface area contributed by atoms with Crippen LogP contribution >= 0.6 is 0 Å². The Morgan fingerprint density at radius 1 is 1.50 bits per heavy atom. The van der Waals surface area contributed by atoms with Crippen molar-refractivity contribution in [1.82, 2.24) is 14.5 Å². The monoisotopic (exact) mass is 246 g/mol. The molecule has 0 saturated heterocycles. The van der Waals surface area contributed by atoms with Gasteiger partial charge in [0.2, 0.25) is 5.78 Å². The Balaban J connectivity index is 2.23. The molecule has 0 amide bonds. The number of aromatic nitrogens is 3. The lowest BCUT2D eigenvalue weighted by molar-refractivity contribution is 0.103. The summed E-state index contributed by atoms with van der Waals surface area (Å²) >= 11 is 0. The van der Waals surface area contributed by atoms with Crippen LogP contribution < -0.4 is 10.5 Å². The summed E-state index contributed by atoms with van der Waals surface area (Å²) in [7, 11) is 1.53. The lowest BCUT2D eigenvalue weighted by Gasteiger charge is -2.01. The first-order valence-corrected chi connectivity index (χ1v) is 5.50. The summed E-state index contributed by atoms with van der Waals surface area (Å²) in [5, 5.41) is 0. The van der Waals surface area contributed by atoms with Crippen LogP contribution in [0.25, 0.3) is 0 Å². The molecule has 0 saturated carbocycles. The number of nitrogens with two attached hydrogens (primary N) is 1. The first-order chi connectivity index (χ1) is 8.74. The van der Waals surface area contributed by atoms with E-state index in [1.165, 1.54) is 13.3 Å². The average molecular weight is 246 g/mol. The summed E-state index contributed by atoms with van der Waals surface area (Å²) in [5.41, 5.74) is 6.26. The van der Waals surface area contributed by atoms with E-state index in [1.54, 1.807) is 29.4 Å². The van der Waals surface area contributed by atoms with Gasteiger partial charge in [-0.05, 0) is 6.07 Å². The van der Waals surface area contributed by atoms with Crippen molar-refractivity contribution in [1.29, 1.82) is 0 Å². The second kappa shape index (κ2) is 5.42. The number of hydrogen-bond donors (Lipinski definition) is 1. The molecule has 2 heterocycles.